The summed E-state index contributed by atoms with van der Waals surface area (Å²) in [6.07, 6.45) is 14.8. The van der Waals surface area contributed by atoms with E-state index in [1.54, 1.807) is 6.07 Å². The number of nitrogens with one attached hydrogen (secondary N) is 2. The van der Waals surface area contributed by atoms with E-state index in [9.17, 15) is 74.7 Å². The molecule has 2 aromatic rings. The largest absolute Gasteiger partial charge is 2.00 e. The van der Waals surface area contributed by atoms with Crippen LogP contribution >= 0.6 is 0 Å². The van der Waals surface area contributed by atoms with Crippen LogP contribution in [0, 0.1) is 47.3 Å². The third-order valence-corrected chi connectivity index (χ3v) is 18.7. The number of aliphatic hydroxyl groups is 7. The maximum absolute atomic E-state index is 12.7. The number of pyridine rings is 1. The number of aromatic nitrogens is 1. The quantitative estimate of drug-likeness (QED) is 0.0335. The minimum Gasteiger partial charge on any atom is -0.550 e. The standard InChI is InChI=1S/2C23H36O7.C22H29N3O4.Ca/c2*1-4-13(2)23(29)30-20-11-17(25)9-15-6-5-14(3)19(22(15)20)8-7-16(24)10-18(26)12-21(27)28;26-20-5-2-1-4-19(20)25(16-7-8-16)22(28)23-12-3-13-29-17-9-10-18-15(14-17)6-11-21(27)24-18;/h2*5-6,9,13-14,16-20,22,24-26H,4,7-8,10-12H2,1-3H3,(H,27,28);6,9-11,14,16,19-20,26H,1-5,7-8,12-13H2,(H,23,28)(H,24,27);/q;;;+2/p-2/t2*13-,14-,16+,17+,18+,19-,20-,22-;19-,20-;/m001./s1. The second-order valence-electron chi connectivity index (χ2n) is 25.8. The third kappa shape index (κ3) is 23.4. The molecular formula is C68H99CaN3O18. The Morgan fingerprint density at radius 3 is 1.67 bits per heavy atom. The molecule has 9 N–H and O–H groups in total. The Morgan fingerprint density at radius 1 is 0.700 bits per heavy atom. The van der Waals surface area contributed by atoms with Crippen molar-refractivity contribution in [1.29, 1.82) is 0 Å². The zero-order valence-corrected chi connectivity index (χ0v) is 55.7. The molecular weight excluding hydrogens is 1190 g/mol. The summed E-state index contributed by atoms with van der Waals surface area (Å²) in [5.41, 5.74) is 2.56. The molecule has 2 amide bonds. The molecule has 0 aliphatic heterocycles. The van der Waals surface area contributed by atoms with Crippen molar-refractivity contribution in [1.82, 2.24) is 15.2 Å². The van der Waals surface area contributed by atoms with E-state index in [-0.39, 0.29) is 134 Å². The number of carbonyl (C=O) groups excluding carboxylic acids is 5. The molecule has 0 spiro atoms. The Balaban J connectivity index is 0.000000244. The van der Waals surface area contributed by atoms with Crippen LogP contribution in [0.15, 0.2) is 82.7 Å². The van der Waals surface area contributed by atoms with Crippen molar-refractivity contribution < 1.29 is 84.1 Å². The van der Waals surface area contributed by atoms with Crippen molar-refractivity contribution in [3.63, 3.8) is 0 Å². The summed E-state index contributed by atoms with van der Waals surface area (Å²) in [4.78, 5) is 74.8. The molecule has 18 atom stereocenters. The number of aliphatic carboxylic acids is 2. The van der Waals surface area contributed by atoms with Crippen LogP contribution in [0.5, 0.6) is 5.75 Å². The average molecular weight is 1290 g/mol. The van der Waals surface area contributed by atoms with Gasteiger partial charge in [0.2, 0.25) is 5.56 Å². The number of benzene rings is 1. The Bertz CT molecular complexity index is 2710. The number of hydrogen-bond donors (Lipinski definition) is 9. The predicted octanol–water partition coefficient (Wildman–Crippen LogP) is 4.61. The number of carboxylic acid groups (broad SMARTS) is 2. The molecule has 1 heterocycles. The SMILES string of the molecule is CC[C@H](C)C(=O)O[C@H]1C[C@H](O)C=C2C=C[C@H](C)[C@H](CC[C@@H](O)C[C@@H](O)CC(=O)[O-])[C@H]21.CC[C@H](C)C(=O)O[C@H]1C[C@H](O)C=C2C=C[C@H](C)[C@H](CC[C@@H](O)C[C@@H](O)CC(=O)[O-])[C@H]21.O=C(NCCCOc1ccc2[nH]c(=O)ccc2c1)N(C1CC1)[C@@H]1CCCC[C@H]1O.[Ca+2]. The maximum Gasteiger partial charge on any atom is 2.00 e. The van der Waals surface area contributed by atoms with Crippen LogP contribution in [0.2, 0.25) is 0 Å². The summed E-state index contributed by atoms with van der Waals surface area (Å²) >= 11 is 0. The van der Waals surface area contributed by atoms with Gasteiger partial charge in [0.15, 0.2) is 0 Å². The number of amides is 2. The molecule has 21 nitrogen and oxygen atoms in total. The summed E-state index contributed by atoms with van der Waals surface area (Å²) in [5.74, 6) is -2.47. The normalized spacial score (nSPS) is 27.8. The number of aliphatic hydroxyl groups excluding tert-OH is 7. The van der Waals surface area contributed by atoms with E-state index in [4.69, 9.17) is 14.2 Å². The molecule has 2 fully saturated rings. The van der Waals surface area contributed by atoms with Gasteiger partial charge in [0, 0.05) is 79.0 Å². The number of rotatable bonds is 27. The van der Waals surface area contributed by atoms with Gasteiger partial charge in [-0.05, 0) is 143 Å². The number of nitrogens with zero attached hydrogens (tertiary/aromatic N) is 1. The van der Waals surface area contributed by atoms with Gasteiger partial charge in [0.05, 0.1) is 67.2 Å². The van der Waals surface area contributed by atoms with Gasteiger partial charge in [-0.25, -0.2) is 4.79 Å². The van der Waals surface area contributed by atoms with E-state index in [0.717, 1.165) is 66.3 Å². The van der Waals surface area contributed by atoms with Gasteiger partial charge in [-0.2, -0.15) is 0 Å². The summed E-state index contributed by atoms with van der Waals surface area (Å²) in [7, 11) is 0. The molecule has 0 bridgehead atoms. The van der Waals surface area contributed by atoms with Crippen molar-refractivity contribution in [2.24, 2.45) is 47.3 Å². The molecule has 90 heavy (non-hydrogen) atoms. The molecule has 22 heteroatoms. The molecule has 6 aliphatic carbocycles. The molecule has 0 saturated heterocycles. The molecule has 2 saturated carbocycles. The Hall–Kier alpha value is -4.68. The second-order valence-corrected chi connectivity index (χ2v) is 25.8. The van der Waals surface area contributed by atoms with Gasteiger partial charge in [-0.15, -0.1) is 0 Å². The molecule has 0 unspecified atom stereocenters. The Labute approximate surface area is 559 Å². The smallest absolute Gasteiger partial charge is 0.550 e. The molecule has 1 aromatic carbocycles. The number of carbonyl (C=O) groups is 5. The van der Waals surface area contributed by atoms with Gasteiger partial charge < -0.3 is 85.0 Å². The van der Waals surface area contributed by atoms with Crippen LogP contribution in [0.25, 0.3) is 10.9 Å². The van der Waals surface area contributed by atoms with Gasteiger partial charge in [0.1, 0.15) is 18.0 Å². The zero-order chi connectivity index (χ0) is 65.1. The molecule has 1 aromatic heterocycles. The first-order valence-electron chi connectivity index (χ1n) is 32.5. The minimum absolute atomic E-state index is 0. The van der Waals surface area contributed by atoms with Crippen LogP contribution in [-0.2, 0) is 28.7 Å². The fraction of sp³-hybridized carbons (Fsp3) is 0.676. The van der Waals surface area contributed by atoms with E-state index >= 15 is 0 Å². The number of allylic oxidation sites excluding steroid dienone is 4. The number of H-pyrrole nitrogens is 1. The van der Waals surface area contributed by atoms with Gasteiger partial charge >= 0.3 is 55.7 Å². The first-order chi connectivity index (χ1) is 42.3. The Kier molecular flexibility index (Phi) is 31.5. The number of ether oxygens (including phenoxy) is 3. The van der Waals surface area contributed by atoms with Gasteiger partial charge in [-0.1, -0.05) is 90.8 Å². The third-order valence-electron chi connectivity index (χ3n) is 18.7. The fourth-order valence-electron chi connectivity index (χ4n) is 13.1. The van der Waals surface area contributed by atoms with Gasteiger partial charge in [0.25, 0.3) is 0 Å². The predicted molar refractivity (Wildman–Crippen MR) is 335 cm³/mol. The molecule has 6 aliphatic rings. The maximum atomic E-state index is 12.7. The number of fused-ring (bicyclic) bond motifs is 3. The number of urea groups is 1. The average Bonchev–Trinajstić information content (AvgIpc) is 1.31. The molecule has 0 radical (unpaired) electrons. The fourth-order valence-corrected chi connectivity index (χ4v) is 13.1. The minimum atomic E-state index is -1.35. The molecule has 496 valence electrons. The van der Waals surface area contributed by atoms with Crippen molar-refractivity contribution in [2.75, 3.05) is 13.2 Å². The van der Waals surface area contributed by atoms with Gasteiger partial charge in [-0.3, -0.25) is 14.4 Å². The summed E-state index contributed by atoms with van der Waals surface area (Å²) in [5, 5.41) is 95.9. The number of carboxylic acids is 2. The van der Waals surface area contributed by atoms with Crippen LogP contribution in [0.3, 0.4) is 0 Å². The number of esters is 2. The molecule has 8 rings (SSSR count). The summed E-state index contributed by atoms with van der Waals surface area (Å²) in [6.45, 7) is 12.7. The van der Waals surface area contributed by atoms with E-state index in [1.807, 2.05) is 75.1 Å². The van der Waals surface area contributed by atoms with E-state index < -0.39 is 79.7 Å². The van der Waals surface area contributed by atoms with Crippen LogP contribution < -0.4 is 25.8 Å². The number of hydrogen-bond acceptors (Lipinski definition) is 18. The topological polar surface area (TPSA) is 349 Å². The van der Waals surface area contributed by atoms with Crippen LogP contribution in [0.4, 0.5) is 4.79 Å². The Morgan fingerprint density at radius 2 is 1.20 bits per heavy atom. The van der Waals surface area contributed by atoms with E-state index in [2.05, 4.69) is 36.3 Å². The van der Waals surface area contributed by atoms with Crippen molar-refractivity contribution in [2.45, 2.75) is 231 Å². The van der Waals surface area contributed by atoms with E-state index in [1.165, 1.54) is 6.07 Å². The first kappa shape index (κ1) is 76.0. The summed E-state index contributed by atoms with van der Waals surface area (Å²) < 4.78 is 17.4. The van der Waals surface area contributed by atoms with Crippen LogP contribution in [0.1, 0.15) is 164 Å². The number of aromatic amines is 1. The second kappa shape index (κ2) is 37.3. The zero-order valence-electron chi connectivity index (χ0n) is 53.4. The van der Waals surface area contributed by atoms with Crippen molar-refractivity contribution in [3.05, 3.63) is 88.3 Å². The van der Waals surface area contributed by atoms with E-state index in [0.29, 0.717) is 70.9 Å². The summed E-state index contributed by atoms with van der Waals surface area (Å²) in [6, 6.07) is 9.00. The first-order valence-corrected chi connectivity index (χ1v) is 32.5. The monoisotopic (exact) mass is 1290 g/mol. The van der Waals surface area contributed by atoms with Crippen molar-refractivity contribution >= 4 is 78.5 Å². The van der Waals surface area contributed by atoms with Crippen LogP contribution in [-0.4, -0.2) is 193 Å². The van der Waals surface area contributed by atoms with Crippen molar-refractivity contribution in [3.8, 4) is 5.75 Å².